The molecule has 0 saturated heterocycles. The highest BCUT2D eigenvalue weighted by molar-refractivity contribution is 6.00. The number of benzene rings is 3. The number of anilines is 1. The van der Waals surface area contributed by atoms with Crippen LogP contribution < -0.4 is 10.1 Å². The van der Waals surface area contributed by atoms with Crippen molar-refractivity contribution in [3.63, 3.8) is 0 Å². The summed E-state index contributed by atoms with van der Waals surface area (Å²) in [4.78, 5) is 30.9. The van der Waals surface area contributed by atoms with E-state index in [2.05, 4.69) is 5.32 Å². The highest BCUT2D eigenvalue weighted by Gasteiger charge is 2.32. The van der Waals surface area contributed by atoms with Crippen molar-refractivity contribution in [2.45, 2.75) is 77.4 Å². The first-order valence-electron chi connectivity index (χ1n) is 16.9. The minimum absolute atomic E-state index is 0.173. The Hall–Kier alpha value is -3.93. The van der Waals surface area contributed by atoms with Crippen LogP contribution in [0.3, 0.4) is 0 Å². The quantitative estimate of drug-likeness (QED) is 0.258. The molecule has 4 atom stereocenters. The molecule has 2 amide bonds. The van der Waals surface area contributed by atoms with E-state index in [1.54, 1.807) is 30.0 Å². The van der Waals surface area contributed by atoms with Gasteiger partial charge in [-0.25, -0.2) is 0 Å². The summed E-state index contributed by atoms with van der Waals surface area (Å²) in [5.74, 6) is -0.331. The minimum Gasteiger partial charge on any atom is -0.490 e. The molecule has 11 heteroatoms. The van der Waals surface area contributed by atoms with Gasteiger partial charge >= 0.3 is 6.18 Å². The molecular formula is C38H48F3N3O5. The molecule has 0 bridgehead atoms. The number of amides is 2. The first kappa shape index (κ1) is 37.9. The average Bonchev–Trinajstić information content (AvgIpc) is 3.06. The number of nitrogens with one attached hydrogen (secondary N) is 1. The Morgan fingerprint density at radius 3 is 2.43 bits per heavy atom. The number of hydrogen-bond donors (Lipinski definition) is 2. The molecule has 3 aromatic rings. The summed E-state index contributed by atoms with van der Waals surface area (Å²) in [6, 6.07) is 19.1. The fourth-order valence-corrected chi connectivity index (χ4v) is 5.93. The Balaban J connectivity index is 1.56. The van der Waals surface area contributed by atoms with E-state index < -0.39 is 17.8 Å². The summed E-state index contributed by atoms with van der Waals surface area (Å²) >= 11 is 0. The first-order chi connectivity index (χ1) is 23.3. The number of aliphatic hydroxyl groups is 1. The molecule has 4 rings (SSSR count). The SMILES string of the molecule is C[C@@H]1CN([C@@H](C)CO)C(=O)c2cc(NC(=O)Cc3ccccc3)ccc2O[C@@H](C)CCCCO[C@H]1CN(C)Cc1ccc(C(F)(F)F)cc1. The van der Waals surface area contributed by atoms with Crippen LogP contribution in [-0.4, -0.2) is 78.3 Å². The van der Waals surface area contributed by atoms with Crippen molar-refractivity contribution in [2.24, 2.45) is 5.92 Å². The summed E-state index contributed by atoms with van der Waals surface area (Å²) in [6.45, 7) is 7.11. The minimum atomic E-state index is -4.39. The van der Waals surface area contributed by atoms with Crippen LogP contribution in [0.5, 0.6) is 5.75 Å². The molecule has 0 spiro atoms. The number of aliphatic hydroxyl groups excluding tert-OH is 1. The van der Waals surface area contributed by atoms with Gasteiger partial charge in [-0.1, -0.05) is 49.4 Å². The number of halogens is 3. The summed E-state index contributed by atoms with van der Waals surface area (Å²) in [6.07, 6.45) is -2.34. The molecule has 1 heterocycles. The van der Waals surface area contributed by atoms with E-state index in [1.807, 2.05) is 56.1 Å². The molecule has 0 radical (unpaired) electrons. The van der Waals surface area contributed by atoms with Gasteiger partial charge in [0.1, 0.15) is 5.75 Å². The lowest BCUT2D eigenvalue weighted by atomic mass is 10.0. The fourth-order valence-electron chi connectivity index (χ4n) is 5.93. The summed E-state index contributed by atoms with van der Waals surface area (Å²) in [5.41, 5.74) is 1.66. The number of carbonyl (C=O) groups excluding carboxylic acids is 2. The highest BCUT2D eigenvalue weighted by atomic mass is 19.4. The van der Waals surface area contributed by atoms with Gasteiger partial charge in [0.15, 0.2) is 0 Å². The van der Waals surface area contributed by atoms with Crippen LogP contribution in [0.1, 0.15) is 67.1 Å². The molecule has 1 aliphatic rings. The van der Waals surface area contributed by atoms with E-state index in [0.717, 1.165) is 42.5 Å². The zero-order valence-corrected chi connectivity index (χ0v) is 28.7. The smallest absolute Gasteiger partial charge is 0.416 e. The second kappa shape index (κ2) is 17.6. The number of hydrogen-bond acceptors (Lipinski definition) is 6. The predicted molar refractivity (Wildman–Crippen MR) is 183 cm³/mol. The zero-order valence-electron chi connectivity index (χ0n) is 28.7. The Labute approximate surface area is 287 Å². The molecular weight excluding hydrogens is 635 g/mol. The molecule has 49 heavy (non-hydrogen) atoms. The molecule has 3 aromatic carbocycles. The molecule has 8 nitrogen and oxygen atoms in total. The molecule has 1 aliphatic heterocycles. The van der Waals surface area contributed by atoms with Crippen molar-refractivity contribution < 1.29 is 37.3 Å². The van der Waals surface area contributed by atoms with Crippen LogP contribution in [0.2, 0.25) is 0 Å². The Bertz CT molecular complexity index is 1500. The second-order valence-electron chi connectivity index (χ2n) is 13.1. The Kier molecular flexibility index (Phi) is 13.6. The van der Waals surface area contributed by atoms with Crippen molar-refractivity contribution in [1.29, 1.82) is 0 Å². The molecule has 0 aromatic heterocycles. The van der Waals surface area contributed by atoms with Crippen LogP contribution in [0.15, 0.2) is 72.8 Å². The first-order valence-corrected chi connectivity index (χ1v) is 16.9. The lowest BCUT2D eigenvalue weighted by Crippen LogP contribution is -2.47. The number of nitrogens with zero attached hydrogens (tertiary/aromatic N) is 2. The Morgan fingerprint density at radius 1 is 1.04 bits per heavy atom. The largest absolute Gasteiger partial charge is 0.490 e. The third-order valence-corrected chi connectivity index (χ3v) is 8.77. The van der Waals surface area contributed by atoms with Gasteiger partial charge in [-0.2, -0.15) is 13.2 Å². The van der Waals surface area contributed by atoms with E-state index in [9.17, 15) is 27.9 Å². The summed E-state index contributed by atoms with van der Waals surface area (Å²) in [5, 5.41) is 13.1. The highest BCUT2D eigenvalue weighted by Crippen LogP contribution is 2.30. The van der Waals surface area contributed by atoms with Gasteiger partial charge in [0.2, 0.25) is 5.91 Å². The predicted octanol–water partition coefficient (Wildman–Crippen LogP) is 6.81. The van der Waals surface area contributed by atoms with Crippen LogP contribution in [0.4, 0.5) is 18.9 Å². The van der Waals surface area contributed by atoms with E-state index in [-0.39, 0.29) is 55.1 Å². The monoisotopic (exact) mass is 683 g/mol. The number of likely N-dealkylation sites (N-methyl/N-ethyl adjacent to an activating group) is 1. The van der Waals surface area contributed by atoms with Gasteiger partial charge in [0.25, 0.3) is 5.91 Å². The topological polar surface area (TPSA) is 91.3 Å². The number of carbonyl (C=O) groups is 2. The number of fused-ring (bicyclic) bond motifs is 1. The van der Waals surface area contributed by atoms with Crippen LogP contribution >= 0.6 is 0 Å². The van der Waals surface area contributed by atoms with Gasteiger partial charge in [0, 0.05) is 37.8 Å². The van der Waals surface area contributed by atoms with Gasteiger partial charge in [-0.05, 0) is 81.6 Å². The lowest BCUT2D eigenvalue weighted by Gasteiger charge is -2.36. The van der Waals surface area contributed by atoms with Crippen molar-refractivity contribution >= 4 is 17.5 Å². The van der Waals surface area contributed by atoms with Gasteiger partial charge in [-0.3, -0.25) is 14.5 Å². The average molecular weight is 684 g/mol. The zero-order chi connectivity index (χ0) is 35.6. The van der Waals surface area contributed by atoms with Crippen molar-refractivity contribution in [2.75, 3.05) is 38.7 Å². The Morgan fingerprint density at radius 2 is 1.76 bits per heavy atom. The third kappa shape index (κ3) is 11.3. The number of alkyl halides is 3. The second-order valence-corrected chi connectivity index (χ2v) is 13.1. The fraction of sp³-hybridized carbons (Fsp3) is 0.474. The maximum absolute atomic E-state index is 14.3. The van der Waals surface area contributed by atoms with Crippen LogP contribution in [-0.2, 0) is 28.7 Å². The molecule has 0 aliphatic carbocycles. The van der Waals surface area contributed by atoms with Crippen LogP contribution in [0, 0.1) is 5.92 Å². The van der Waals surface area contributed by atoms with E-state index >= 15 is 0 Å². The number of ether oxygens (including phenoxy) is 2. The maximum atomic E-state index is 14.3. The van der Waals surface area contributed by atoms with E-state index in [1.165, 1.54) is 12.1 Å². The normalized spacial score (nSPS) is 20.2. The van der Waals surface area contributed by atoms with Gasteiger partial charge in [-0.15, -0.1) is 0 Å². The van der Waals surface area contributed by atoms with Crippen molar-refractivity contribution in [3.05, 3.63) is 95.1 Å². The van der Waals surface area contributed by atoms with E-state index in [4.69, 9.17) is 9.47 Å². The van der Waals surface area contributed by atoms with Gasteiger partial charge < -0.3 is 24.8 Å². The lowest BCUT2D eigenvalue weighted by molar-refractivity contribution is -0.137. The molecule has 0 unspecified atom stereocenters. The summed E-state index contributed by atoms with van der Waals surface area (Å²) in [7, 11) is 1.89. The van der Waals surface area contributed by atoms with Crippen molar-refractivity contribution in [3.8, 4) is 5.75 Å². The third-order valence-electron chi connectivity index (χ3n) is 8.77. The molecule has 266 valence electrons. The standard InChI is InChI=1S/C38H48F3N3O5/c1-26-22-44(27(2)25-45)37(47)33-21-32(42-36(46)20-29-11-6-5-7-12-29)17-18-34(33)49-28(3)10-8-9-19-48-35(26)24-43(4)23-30-13-15-31(16-14-30)38(39,40)41/h5-7,11-18,21,26-28,35,45H,8-10,19-20,22-25H2,1-4H3,(H,42,46)/t26-,27+,28+,35+/m1/s1. The van der Waals surface area contributed by atoms with E-state index in [0.29, 0.717) is 31.1 Å². The molecule has 0 saturated carbocycles. The number of rotatable bonds is 9. The summed E-state index contributed by atoms with van der Waals surface area (Å²) < 4.78 is 51.9. The van der Waals surface area contributed by atoms with Crippen LogP contribution in [0.25, 0.3) is 0 Å². The van der Waals surface area contributed by atoms with Crippen molar-refractivity contribution in [1.82, 2.24) is 9.80 Å². The maximum Gasteiger partial charge on any atom is 0.416 e. The molecule has 2 N–H and O–H groups in total. The van der Waals surface area contributed by atoms with Gasteiger partial charge in [0.05, 0.1) is 42.4 Å². The molecule has 0 fully saturated rings.